The lowest BCUT2D eigenvalue weighted by Crippen LogP contribution is -1.94. The maximum atomic E-state index is 10.8. The summed E-state index contributed by atoms with van der Waals surface area (Å²) in [6, 6.07) is 5.23. The van der Waals surface area contributed by atoms with Crippen LogP contribution in [0.5, 0.6) is 0 Å². The zero-order valence-corrected chi connectivity index (χ0v) is 9.00. The molecule has 0 unspecified atom stereocenters. The van der Waals surface area contributed by atoms with Gasteiger partial charge in [0.1, 0.15) is 0 Å². The van der Waals surface area contributed by atoms with Gasteiger partial charge in [0.05, 0.1) is 0 Å². The first kappa shape index (κ1) is 12.5. The number of carbonyl (C=O) groups excluding carboxylic acids is 1. The van der Waals surface area contributed by atoms with Crippen LogP contribution in [0, 0.1) is 18.8 Å². The van der Waals surface area contributed by atoms with Crippen LogP contribution in [0.1, 0.15) is 35.3 Å². The monoisotopic (exact) mass is 193 g/mol. The molecular formula is C11H15NO2. The van der Waals surface area contributed by atoms with Crippen molar-refractivity contribution in [2.24, 2.45) is 5.18 Å². The van der Waals surface area contributed by atoms with E-state index < -0.39 is 5.91 Å². The quantitative estimate of drug-likeness (QED) is 0.643. The number of aryl methyl sites for hydroxylation is 2. The Kier molecular flexibility index (Phi) is 5.37. The molecule has 1 rings (SSSR count). The Hall–Kier alpha value is -1.51. The molecule has 1 aromatic rings. The Bertz CT molecular complexity index is 312. The van der Waals surface area contributed by atoms with E-state index in [1.807, 2.05) is 33.8 Å². The van der Waals surface area contributed by atoms with Gasteiger partial charge in [-0.1, -0.05) is 31.0 Å². The summed E-state index contributed by atoms with van der Waals surface area (Å²) in [5.41, 5.74) is 2.28. The molecule has 0 saturated carbocycles. The summed E-state index contributed by atoms with van der Waals surface area (Å²) in [6.07, 6.45) is 0. The standard InChI is InChI=1S/C9H9NO2.C2H6/c1-6-3-7(2)5-8(4-6)9(11)10-12;1-2/h3-5H,1-2H3;1-2H3. The average Bonchev–Trinajstić information content (AvgIpc) is 2.18. The zero-order valence-electron chi connectivity index (χ0n) is 9.00. The first-order valence-electron chi connectivity index (χ1n) is 4.59. The van der Waals surface area contributed by atoms with Crippen molar-refractivity contribution in [2.75, 3.05) is 0 Å². The SMILES string of the molecule is CC.Cc1cc(C)cc(C(=O)N=O)c1. The minimum Gasteiger partial charge on any atom is -0.263 e. The van der Waals surface area contributed by atoms with E-state index in [2.05, 4.69) is 5.18 Å². The van der Waals surface area contributed by atoms with Crippen LogP contribution >= 0.6 is 0 Å². The molecule has 0 heterocycles. The Morgan fingerprint density at radius 1 is 1.07 bits per heavy atom. The third kappa shape index (κ3) is 3.47. The fourth-order valence-corrected chi connectivity index (χ4v) is 1.15. The van der Waals surface area contributed by atoms with Gasteiger partial charge in [-0.15, -0.1) is 4.91 Å². The van der Waals surface area contributed by atoms with Gasteiger partial charge < -0.3 is 0 Å². The van der Waals surface area contributed by atoms with E-state index in [9.17, 15) is 9.70 Å². The number of nitroso groups, excluding NO2 is 1. The van der Waals surface area contributed by atoms with Crippen LogP contribution in [-0.4, -0.2) is 5.91 Å². The van der Waals surface area contributed by atoms with E-state index in [1.54, 1.807) is 12.1 Å². The number of amides is 1. The van der Waals surface area contributed by atoms with Gasteiger partial charge in [0, 0.05) is 10.7 Å². The molecule has 0 N–H and O–H groups in total. The largest absolute Gasteiger partial charge is 0.316 e. The fraction of sp³-hybridized carbons (Fsp3) is 0.364. The summed E-state index contributed by atoms with van der Waals surface area (Å²) in [7, 11) is 0. The lowest BCUT2D eigenvalue weighted by molar-refractivity contribution is 0.100. The average molecular weight is 193 g/mol. The predicted molar refractivity (Wildman–Crippen MR) is 57.4 cm³/mol. The maximum absolute atomic E-state index is 10.8. The van der Waals surface area contributed by atoms with Gasteiger partial charge in [-0.3, -0.25) is 4.79 Å². The van der Waals surface area contributed by atoms with Crippen LogP contribution in [0.15, 0.2) is 23.4 Å². The van der Waals surface area contributed by atoms with Crippen molar-refractivity contribution in [3.05, 3.63) is 39.8 Å². The van der Waals surface area contributed by atoms with Crippen LogP contribution in [0.25, 0.3) is 0 Å². The van der Waals surface area contributed by atoms with E-state index in [0.717, 1.165) is 11.1 Å². The van der Waals surface area contributed by atoms with Gasteiger partial charge in [-0.2, -0.15) is 0 Å². The van der Waals surface area contributed by atoms with E-state index in [4.69, 9.17) is 0 Å². The highest BCUT2D eigenvalue weighted by Crippen LogP contribution is 2.09. The van der Waals surface area contributed by atoms with Crippen molar-refractivity contribution in [1.82, 2.24) is 0 Å². The summed E-state index contributed by atoms with van der Waals surface area (Å²) in [4.78, 5) is 20.8. The minimum atomic E-state index is -0.707. The number of hydrogen-bond acceptors (Lipinski definition) is 2. The van der Waals surface area contributed by atoms with Crippen molar-refractivity contribution in [1.29, 1.82) is 0 Å². The molecule has 0 aliphatic carbocycles. The van der Waals surface area contributed by atoms with E-state index in [-0.39, 0.29) is 0 Å². The number of hydrogen-bond donors (Lipinski definition) is 0. The lowest BCUT2D eigenvalue weighted by atomic mass is 10.1. The molecule has 0 aromatic heterocycles. The summed E-state index contributed by atoms with van der Waals surface area (Å²) in [5, 5.41) is 2.35. The second-order valence-electron chi connectivity index (χ2n) is 2.77. The van der Waals surface area contributed by atoms with Gasteiger partial charge in [-0.05, 0) is 26.0 Å². The van der Waals surface area contributed by atoms with Crippen LogP contribution in [0.3, 0.4) is 0 Å². The number of benzene rings is 1. The molecule has 0 atom stereocenters. The lowest BCUT2D eigenvalue weighted by Gasteiger charge is -1.98. The van der Waals surface area contributed by atoms with E-state index in [0.29, 0.717) is 5.56 Å². The van der Waals surface area contributed by atoms with E-state index in [1.165, 1.54) is 0 Å². The number of rotatable bonds is 1. The smallest absolute Gasteiger partial charge is 0.263 e. The second kappa shape index (κ2) is 6.02. The third-order valence-electron chi connectivity index (χ3n) is 1.55. The second-order valence-corrected chi connectivity index (χ2v) is 2.77. The van der Waals surface area contributed by atoms with Gasteiger partial charge >= 0.3 is 5.91 Å². The highest BCUT2D eigenvalue weighted by molar-refractivity contribution is 5.95. The highest BCUT2D eigenvalue weighted by Gasteiger charge is 2.05. The third-order valence-corrected chi connectivity index (χ3v) is 1.55. The molecule has 0 fully saturated rings. The van der Waals surface area contributed by atoms with Crippen molar-refractivity contribution in [2.45, 2.75) is 27.7 Å². The molecule has 3 heteroatoms. The molecule has 0 saturated heterocycles. The fourth-order valence-electron chi connectivity index (χ4n) is 1.15. The Labute approximate surface area is 84.1 Å². The highest BCUT2D eigenvalue weighted by atomic mass is 16.3. The molecule has 3 nitrogen and oxygen atoms in total. The van der Waals surface area contributed by atoms with Crippen LogP contribution in [0.2, 0.25) is 0 Å². The Morgan fingerprint density at radius 2 is 1.50 bits per heavy atom. The Balaban J connectivity index is 0.000000791. The summed E-state index contributed by atoms with van der Waals surface area (Å²) in [6.45, 7) is 7.74. The number of carbonyl (C=O) groups is 1. The topological polar surface area (TPSA) is 46.5 Å². The van der Waals surface area contributed by atoms with Crippen molar-refractivity contribution in [3.8, 4) is 0 Å². The Morgan fingerprint density at radius 3 is 1.86 bits per heavy atom. The molecule has 0 bridgehead atoms. The van der Waals surface area contributed by atoms with Crippen molar-refractivity contribution < 1.29 is 4.79 Å². The molecule has 76 valence electrons. The molecule has 0 radical (unpaired) electrons. The van der Waals surface area contributed by atoms with Crippen LogP contribution in [0.4, 0.5) is 0 Å². The normalized spacial score (nSPS) is 8.57. The zero-order chi connectivity index (χ0) is 11.1. The van der Waals surface area contributed by atoms with E-state index >= 15 is 0 Å². The first-order chi connectivity index (χ1) is 6.63. The molecular weight excluding hydrogens is 178 g/mol. The molecule has 0 aliphatic rings. The summed E-state index contributed by atoms with van der Waals surface area (Å²) in [5.74, 6) is -0.707. The van der Waals surface area contributed by atoms with Crippen LogP contribution < -0.4 is 0 Å². The minimum absolute atomic E-state index is 0.363. The van der Waals surface area contributed by atoms with Crippen LogP contribution in [-0.2, 0) is 0 Å². The molecule has 0 spiro atoms. The van der Waals surface area contributed by atoms with Gasteiger partial charge in [-0.25, -0.2) is 0 Å². The molecule has 0 aliphatic heterocycles. The van der Waals surface area contributed by atoms with Gasteiger partial charge in [0.15, 0.2) is 0 Å². The predicted octanol–water partition coefficient (Wildman–Crippen LogP) is 3.24. The molecule has 1 amide bonds. The van der Waals surface area contributed by atoms with Gasteiger partial charge in [0.2, 0.25) is 0 Å². The molecule has 1 aromatic carbocycles. The summed E-state index contributed by atoms with van der Waals surface area (Å²) < 4.78 is 0. The van der Waals surface area contributed by atoms with Crippen molar-refractivity contribution >= 4 is 5.91 Å². The first-order valence-corrected chi connectivity index (χ1v) is 4.59. The maximum Gasteiger partial charge on any atom is 0.316 e. The molecule has 14 heavy (non-hydrogen) atoms. The summed E-state index contributed by atoms with van der Waals surface area (Å²) >= 11 is 0. The number of nitrogens with zero attached hydrogens (tertiary/aromatic N) is 1. The van der Waals surface area contributed by atoms with Gasteiger partial charge in [0.25, 0.3) is 0 Å². The van der Waals surface area contributed by atoms with Crippen molar-refractivity contribution in [3.63, 3.8) is 0 Å².